The number of rotatable bonds is 2. The molecular weight excluding hydrogens is 159 g/mol. The molecule has 0 aromatic carbocycles. The maximum atomic E-state index is 12.9. The molecule has 1 rings (SSSR count). The number of hydrogen-bond acceptors (Lipinski definition) is 3. The smallest absolute Gasteiger partial charge is 0.217 e. The topological polar surface area (TPSA) is 59.1 Å². The van der Waals surface area contributed by atoms with Crippen LogP contribution in [0.2, 0.25) is 0 Å². The Morgan fingerprint density at radius 3 is 2.83 bits per heavy atom. The van der Waals surface area contributed by atoms with Gasteiger partial charge in [-0.25, -0.2) is 4.98 Å². The molecule has 0 spiro atoms. The molecule has 0 fully saturated rings. The molecule has 3 N–H and O–H groups in total. The van der Waals surface area contributed by atoms with Crippen LogP contribution in [0.4, 0.5) is 4.39 Å². The summed E-state index contributed by atoms with van der Waals surface area (Å²) in [6, 6.07) is 2.39. The molecule has 0 amide bonds. The summed E-state index contributed by atoms with van der Waals surface area (Å²) in [5, 5.41) is 9.08. The Kier molecular flexibility index (Phi) is 2.73. The molecule has 0 saturated heterocycles. The first-order valence-corrected chi connectivity index (χ1v) is 3.67. The van der Waals surface area contributed by atoms with Crippen LogP contribution >= 0.6 is 0 Å². The van der Waals surface area contributed by atoms with Gasteiger partial charge in [0.1, 0.15) is 0 Å². The fourth-order valence-corrected chi connectivity index (χ4v) is 0.907. The Bertz CT molecular complexity index is 265. The average molecular weight is 170 g/mol. The molecule has 0 saturated carbocycles. The van der Waals surface area contributed by atoms with Crippen molar-refractivity contribution in [3.05, 3.63) is 29.8 Å². The highest BCUT2D eigenvalue weighted by molar-refractivity contribution is 5.16. The van der Waals surface area contributed by atoms with Crippen LogP contribution in [0.3, 0.4) is 0 Å². The van der Waals surface area contributed by atoms with Crippen molar-refractivity contribution in [2.75, 3.05) is 0 Å². The van der Waals surface area contributed by atoms with E-state index in [1.165, 1.54) is 19.2 Å². The van der Waals surface area contributed by atoms with E-state index < -0.39 is 18.1 Å². The number of hydrogen-bond donors (Lipinski definition) is 2. The van der Waals surface area contributed by atoms with Crippen LogP contribution in [-0.4, -0.2) is 16.2 Å². The Labute approximate surface area is 70.0 Å². The van der Waals surface area contributed by atoms with Crippen molar-refractivity contribution in [1.82, 2.24) is 4.98 Å². The van der Waals surface area contributed by atoms with Gasteiger partial charge in [0, 0.05) is 11.8 Å². The Balaban J connectivity index is 2.94. The van der Waals surface area contributed by atoms with Crippen molar-refractivity contribution in [2.24, 2.45) is 5.73 Å². The van der Waals surface area contributed by atoms with Crippen LogP contribution in [0.25, 0.3) is 0 Å². The van der Waals surface area contributed by atoms with Gasteiger partial charge in [0.25, 0.3) is 0 Å². The molecule has 0 aliphatic rings. The lowest BCUT2D eigenvalue weighted by atomic mass is 10.1. The number of aliphatic hydroxyl groups excluding tert-OH is 1. The summed E-state index contributed by atoms with van der Waals surface area (Å²) < 4.78 is 12.9. The van der Waals surface area contributed by atoms with E-state index in [0.717, 1.165) is 0 Å². The molecule has 2 unspecified atom stereocenters. The van der Waals surface area contributed by atoms with Crippen LogP contribution in [0.1, 0.15) is 18.5 Å². The number of halogens is 1. The fraction of sp³-hybridized carbons (Fsp3) is 0.375. The molecule has 0 aliphatic carbocycles. The number of nitrogens with two attached hydrogens (primary N) is 1. The minimum absolute atomic E-state index is 0.243. The van der Waals surface area contributed by atoms with Gasteiger partial charge in [-0.15, -0.1) is 0 Å². The number of pyridine rings is 1. The van der Waals surface area contributed by atoms with E-state index in [1.807, 2.05) is 0 Å². The third-order valence-electron chi connectivity index (χ3n) is 1.67. The molecule has 3 nitrogen and oxygen atoms in total. The SMILES string of the molecule is CC(O)C(N)c1cccnc1F. The Hall–Kier alpha value is -1.00. The first-order chi connectivity index (χ1) is 5.63. The summed E-state index contributed by atoms with van der Waals surface area (Å²) in [5.41, 5.74) is 5.75. The summed E-state index contributed by atoms with van der Waals surface area (Å²) in [5.74, 6) is -0.620. The van der Waals surface area contributed by atoms with Gasteiger partial charge in [0.05, 0.1) is 12.1 Å². The largest absolute Gasteiger partial charge is 0.391 e. The van der Waals surface area contributed by atoms with E-state index >= 15 is 0 Å². The van der Waals surface area contributed by atoms with Crippen LogP contribution in [0.15, 0.2) is 18.3 Å². The number of aromatic nitrogens is 1. The first-order valence-electron chi connectivity index (χ1n) is 3.67. The maximum Gasteiger partial charge on any atom is 0.217 e. The van der Waals surface area contributed by atoms with Gasteiger partial charge in [-0.05, 0) is 13.0 Å². The second-order valence-corrected chi connectivity index (χ2v) is 2.65. The molecule has 0 radical (unpaired) electrons. The van der Waals surface area contributed by atoms with Crippen LogP contribution in [-0.2, 0) is 0 Å². The van der Waals surface area contributed by atoms with E-state index in [-0.39, 0.29) is 5.56 Å². The standard InChI is InChI=1S/C8H11FN2O/c1-5(12)7(10)6-3-2-4-11-8(6)9/h2-5,7,12H,10H2,1H3. The summed E-state index contributed by atoms with van der Waals surface area (Å²) >= 11 is 0. The minimum atomic E-state index is -0.774. The lowest BCUT2D eigenvalue weighted by Crippen LogP contribution is -2.24. The van der Waals surface area contributed by atoms with Gasteiger partial charge in [-0.1, -0.05) is 6.07 Å². The zero-order chi connectivity index (χ0) is 9.14. The highest BCUT2D eigenvalue weighted by Gasteiger charge is 2.15. The highest BCUT2D eigenvalue weighted by Crippen LogP contribution is 2.15. The third kappa shape index (κ3) is 1.78. The predicted octanol–water partition coefficient (Wildman–Crippen LogP) is 0.601. The number of aliphatic hydroxyl groups is 1. The summed E-state index contributed by atoms with van der Waals surface area (Å²) in [4.78, 5) is 3.42. The highest BCUT2D eigenvalue weighted by atomic mass is 19.1. The van der Waals surface area contributed by atoms with Crippen molar-refractivity contribution in [3.8, 4) is 0 Å². The lowest BCUT2D eigenvalue weighted by molar-refractivity contribution is 0.162. The van der Waals surface area contributed by atoms with Gasteiger partial charge >= 0.3 is 0 Å². The van der Waals surface area contributed by atoms with Crippen molar-refractivity contribution in [2.45, 2.75) is 19.1 Å². The molecule has 12 heavy (non-hydrogen) atoms. The Morgan fingerprint density at radius 2 is 2.33 bits per heavy atom. The number of nitrogens with zero attached hydrogens (tertiary/aromatic N) is 1. The molecule has 2 atom stereocenters. The van der Waals surface area contributed by atoms with Gasteiger partial charge in [0.15, 0.2) is 0 Å². The van der Waals surface area contributed by atoms with E-state index in [2.05, 4.69) is 4.98 Å². The lowest BCUT2D eigenvalue weighted by Gasteiger charge is -2.14. The summed E-state index contributed by atoms with van der Waals surface area (Å²) in [6.45, 7) is 1.51. The van der Waals surface area contributed by atoms with E-state index in [9.17, 15) is 4.39 Å². The van der Waals surface area contributed by atoms with Crippen molar-refractivity contribution < 1.29 is 9.50 Å². The van der Waals surface area contributed by atoms with Crippen LogP contribution in [0, 0.1) is 5.95 Å². The molecular formula is C8H11FN2O. The van der Waals surface area contributed by atoms with E-state index in [4.69, 9.17) is 10.8 Å². The first kappa shape index (κ1) is 9.09. The van der Waals surface area contributed by atoms with Gasteiger partial charge in [-0.3, -0.25) is 0 Å². The minimum Gasteiger partial charge on any atom is -0.391 e. The normalized spacial score (nSPS) is 15.7. The molecule has 0 aliphatic heterocycles. The summed E-state index contributed by atoms with van der Waals surface area (Å²) in [6.07, 6.45) is 0.567. The van der Waals surface area contributed by atoms with Gasteiger partial charge < -0.3 is 10.8 Å². The molecule has 66 valence electrons. The molecule has 4 heteroatoms. The third-order valence-corrected chi connectivity index (χ3v) is 1.67. The fourth-order valence-electron chi connectivity index (χ4n) is 0.907. The monoisotopic (exact) mass is 170 g/mol. The maximum absolute atomic E-state index is 12.9. The zero-order valence-corrected chi connectivity index (χ0v) is 6.74. The zero-order valence-electron chi connectivity index (χ0n) is 6.74. The molecule has 1 heterocycles. The molecule has 1 aromatic heterocycles. The average Bonchev–Trinajstić information content (AvgIpc) is 2.04. The van der Waals surface area contributed by atoms with Crippen molar-refractivity contribution in [3.63, 3.8) is 0 Å². The van der Waals surface area contributed by atoms with Crippen molar-refractivity contribution >= 4 is 0 Å². The van der Waals surface area contributed by atoms with Crippen LogP contribution < -0.4 is 5.73 Å². The summed E-state index contributed by atoms with van der Waals surface area (Å²) in [7, 11) is 0. The quantitative estimate of drug-likeness (QED) is 0.639. The molecule has 0 bridgehead atoms. The second-order valence-electron chi connectivity index (χ2n) is 2.65. The predicted molar refractivity (Wildman–Crippen MR) is 42.8 cm³/mol. The van der Waals surface area contributed by atoms with Gasteiger partial charge in [0.2, 0.25) is 5.95 Å². The van der Waals surface area contributed by atoms with Crippen molar-refractivity contribution in [1.29, 1.82) is 0 Å². The Morgan fingerprint density at radius 1 is 1.67 bits per heavy atom. The second kappa shape index (κ2) is 3.60. The molecule has 1 aromatic rings. The van der Waals surface area contributed by atoms with E-state index in [0.29, 0.717) is 0 Å². The van der Waals surface area contributed by atoms with Gasteiger partial charge in [-0.2, -0.15) is 4.39 Å². The van der Waals surface area contributed by atoms with Crippen LogP contribution in [0.5, 0.6) is 0 Å². The van der Waals surface area contributed by atoms with E-state index in [1.54, 1.807) is 6.07 Å².